The second kappa shape index (κ2) is 10.6. The van der Waals surface area contributed by atoms with Crippen molar-refractivity contribution in [3.63, 3.8) is 0 Å². The van der Waals surface area contributed by atoms with E-state index in [1.807, 2.05) is 0 Å². The van der Waals surface area contributed by atoms with Crippen molar-refractivity contribution in [3.05, 3.63) is 87.3 Å². The zero-order valence-corrected chi connectivity index (χ0v) is 20.5. The predicted molar refractivity (Wildman–Crippen MR) is 129 cm³/mol. The normalized spacial score (nSPS) is 17.2. The Hall–Kier alpha value is -4.35. The minimum Gasteiger partial charge on any atom is -0.497 e. The molecule has 8 nitrogen and oxygen atoms in total. The number of aromatic nitrogens is 1. The van der Waals surface area contributed by atoms with Gasteiger partial charge in [0.25, 0.3) is 11.5 Å². The summed E-state index contributed by atoms with van der Waals surface area (Å²) in [5.74, 6) is -5.02. The number of anilines is 1. The van der Waals surface area contributed by atoms with Gasteiger partial charge in [-0.25, -0.2) is 8.78 Å². The van der Waals surface area contributed by atoms with Gasteiger partial charge in [0.1, 0.15) is 34.9 Å². The standard InChI is InChI=1S/C26H23F4N3O5/c1-13-8-9-32(2)25(36)22(13)33-12-17(20-18(27)10-16(37-3)11-19(20)28)21(24(33)35)31-23(34)14-4-6-15(7-5-14)38-26(29)30/h4-11,17,21,26H,12H2,1-3H3,(H,31,34)/t17-,21-/m0/s1. The van der Waals surface area contributed by atoms with E-state index in [-0.39, 0.29) is 29.3 Å². The van der Waals surface area contributed by atoms with Crippen LogP contribution in [0.5, 0.6) is 11.5 Å². The van der Waals surface area contributed by atoms with E-state index in [4.69, 9.17) is 4.74 Å². The van der Waals surface area contributed by atoms with Crippen LogP contribution in [0.2, 0.25) is 0 Å². The third-order valence-electron chi connectivity index (χ3n) is 6.32. The molecule has 0 bridgehead atoms. The Kier molecular flexibility index (Phi) is 7.42. The summed E-state index contributed by atoms with van der Waals surface area (Å²) in [6.07, 6.45) is 1.52. The Morgan fingerprint density at radius 3 is 2.26 bits per heavy atom. The number of carbonyl (C=O) groups excluding carboxylic acids is 2. The van der Waals surface area contributed by atoms with E-state index < -0.39 is 53.1 Å². The Morgan fingerprint density at radius 1 is 1.05 bits per heavy atom. The smallest absolute Gasteiger partial charge is 0.387 e. The van der Waals surface area contributed by atoms with Crippen LogP contribution in [0.1, 0.15) is 27.4 Å². The number of hydrogen-bond donors (Lipinski definition) is 1. The fourth-order valence-corrected chi connectivity index (χ4v) is 4.43. The molecule has 1 aliphatic rings. The number of carbonyl (C=O) groups is 2. The second-order valence-electron chi connectivity index (χ2n) is 8.68. The lowest BCUT2D eigenvalue weighted by molar-refractivity contribution is -0.118. The molecule has 0 radical (unpaired) electrons. The van der Waals surface area contributed by atoms with E-state index in [1.165, 1.54) is 37.1 Å². The van der Waals surface area contributed by atoms with E-state index >= 15 is 8.78 Å². The van der Waals surface area contributed by atoms with Crippen molar-refractivity contribution >= 4 is 17.5 Å². The number of halogens is 4. The summed E-state index contributed by atoms with van der Waals surface area (Å²) in [5, 5.41) is 2.50. The highest BCUT2D eigenvalue weighted by Gasteiger charge is 2.46. The van der Waals surface area contributed by atoms with Crippen molar-refractivity contribution in [3.8, 4) is 11.5 Å². The monoisotopic (exact) mass is 533 g/mol. The minimum atomic E-state index is -3.05. The topological polar surface area (TPSA) is 89.9 Å². The first-order chi connectivity index (χ1) is 18.0. The van der Waals surface area contributed by atoms with Crippen molar-refractivity contribution in [2.75, 3.05) is 18.6 Å². The zero-order valence-electron chi connectivity index (χ0n) is 20.5. The van der Waals surface area contributed by atoms with Gasteiger partial charge < -0.3 is 24.3 Å². The van der Waals surface area contributed by atoms with Gasteiger partial charge in [-0.15, -0.1) is 0 Å². The molecule has 2 heterocycles. The molecule has 0 saturated carbocycles. The maximum absolute atomic E-state index is 15.1. The lowest BCUT2D eigenvalue weighted by Crippen LogP contribution is -2.44. The lowest BCUT2D eigenvalue weighted by Gasteiger charge is -2.20. The molecule has 1 aromatic heterocycles. The van der Waals surface area contributed by atoms with Gasteiger partial charge in [0.05, 0.1) is 7.11 Å². The van der Waals surface area contributed by atoms with Gasteiger partial charge in [0.2, 0.25) is 5.91 Å². The van der Waals surface area contributed by atoms with Crippen LogP contribution in [0.15, 0.2) is 53.5 Å². The summed E-state index contributed by atoms with van der Waals surface area (Å²) in [6.45, 7) is -1.74. The third-order valence-corrected chi connectivity index (χ3v) is 6.32. The van der Waals surface area contributed by atoms with Crippen molar-refractivity contribution in [2.24, 2.45) is 7.05 Å². The Morgan fingerprint density at radius 2 is 1.68 bits per heavy atom. The molecule has 2 atom stereocenters. The summed E-state index contributed by atoms with van der Waals surface area (Å²) >= 11 is 0. The molecular weight excluding hydrogens is 510 g/mol. The molecule has 3 aromatic rings. The SMILES string of the molecule is COc1cc(F)c([C@@H]2CN(c3c(C)ccn(C)c3=O)C(=O)[C@H]2NC(=O)c2ccc(OC(F)F)cc2)c(F)c1. The largest absolute Gasteiger partial charge is 0.497 e. The number of methoxy groups -OCH3 is 1. The van der Waals surface area contributed by atoms with E-state index in [0.717, 1.165) is 29.2 Å². The second-order valence-corrected chi connectivity index (χ2v) is 8.68. The van der Waals surface area contributed by atoms with Crippen LogP contribution in [0.4, 0.5) is 23.2 Å². The van der Waals surface area contributed by atoms with Crippen LogP contribution in [0, 0.1) is 18.6 Å². The molecule has 1 aliphatic heterocycles. The maximum Gasteiger partial charge on any atom is 0.387 e. The van der Waals surface area contributed by atoms with Crippen molar-refractivity contribution < 1.29 is 36.6 Å². The van der Waals surface area contributed by atoms with Gasteiger partial charge in [-0.05, 0) is 42.8 Å². The van der Waals surface area contributed by atoms with E-state index in [2.05, 4.69) is 10.1 Å². The molecule has 1 N–H and O–H groups in total. The Balaban J connectivity index is 1.74. The summed E-state index contributed by atoms with van der Waals surface area (Å²) in [7, 11) is 2.73. The van der Waals surface area contributed by atoms with Gasteiger partial charge in [0.15, 0.2) is 0 Å². The van der Waals surface area contributed by atoms with Crippen molar-refractivity contribution in [1.82, 2.24) is 9.88 Å². The maximum atomic E-state index is 15.1. The minimum absolute atomic E-state index is 0.0147. The van der Waals surface area contributed by atoms with Gasteiger partial charge >= 0.3 is 6.61 Å². The summed E-state index contributed by atoms with van der Waals surface area (Å²) < 4.78 is 65.5. The molecule has 12 heteroatoms. The fourth-order valence-electron chi connectivity index (χ4n) is 4.43. The molecule has 200 valence electrons. The molecule has 4 rings (SSSR count). The number of pyridine rings is 1. The van der Waals surface area contributed by atoms with Crippen LogP contribution in [-0.4, -0.2) is 42.7 Å². The summed E-state index contributed by atoms with van der Waals surface area (Å²) in [6, 6.07) is 6.75. The number of benzene rings is 2. The first kappa shape index (κ1) is 26.7. The number of amides is 2. The van der Waals surface area contributed by atoms with E-state index in [0.29, 0.717) is 5.56 Å². The first-order valence-electron chi connectivity index (χ1n) is 11.4. The Labute approximate surface area is 214 Å². The van der Waals surface area contributed by atoms with Crippen LogP contribution >= 0.6 is 0 Å². The van der Waals surface area contributed by atoms with Crippen LogP contribution in [0.3, 0.4) is 0 Å². The molecule has 0 spiro atoms. The first-order valence-corrected chi connectivity index (χ1v) is 11.4. The number of ether oxygens (including phenoxy) is 2. The van der Waals surface area contributed by atoms with E-state index in [1.54, 1.807) is 13.0 Å². The molecule has 0 unspecified atom stereocenters. The quantitative estimate of drug-likeness (QED) is 0.470. The van der Waals surface area contributed by atoms with Gasteiger partial charge in [-0.1, -0.05) is 0 Å². The molecule has 1 fully saturated rings. The highest BCUT2D eigenvalue weighted by atomic mass is 19.3. The van der Waals surface area contributed by atoms with E-state index in [9.17, 15) is 23.2 Å². The molecule has 2 amide bonds. The molecule has 2 aromatic carbocycles. The number of aryl methyl sites for hydroxylation is 2. The number of nitrogens with one attached hydrogen (secondary N) is 1. The highest BCUT2D eigenvalue weighted by Crippen LogP contribution is 2.36. The summed E-state index contributed by atoms with van der Waals surface area (Å²) in [4.78, 5) is 40.6. The lowest BCUT2D eigenvalue weighted by atomic mass is 9.92. The third kappa shape index (κ3) is 5.06. The van der Waals surface area contributed by atoms with Crippen LogP contribution in [0.25, 0.3) is 0 Å². The fraction of sp³-hybridized carbons (Fsp3) is 0.269. The molecule has 0 aliphatic carbocycles. The average Bonchev–Trinajstić information content (AvgIpc) is 3.16. The predicted octanol–water partition coefficient (Wildman–Crippen LogP) is 3.51. The van der Waals surface area contributed by atoms with Crippen molar-refractivity contribution in [2.45, 2.75) is 25.5 Å². The molecule has 38 heavy (non-hydrogen) atoms. The van der Waals surface area contributed by atoms with Crippen molar-refractivity contribution in [1.29, 1.82) is 0 Å². The van der Waals surface area contributed by atoms with Crippen LogP contribution in [-0.2, 0) is 11.8 Å². The van der Waals surface area contributed by atoms with Gasteiger partial charge in [0, 0.05) is 49.0 Å². The van der Waals surface area contributed by atoms with Gasteiger partial charge in [-0.3, -0.25) is 14.4 Å². The average molecular weight is 533 g/mol. The number of nitrogens with zero attached hydrogens (tertiary/aromatic N) is 2. The van der Waals surface area contributed by atoms with Crippen LogP contribution < -0.4 is 25.2 Å². The zero-order chi connectivity index (χ0) is 27.7. The number of hydrogen-bond acceptors (Lipinski definition) is 5. The number of rotatable bonds is 7. The molecular formula is C26H23F4N3O5. The Bertz CT molecular complexity index is 1420. The molecule has 1 saturated heterocycles. The highest BCUT2D eigenvalue weighted by molar-refractivity contribution is 6.05. The number of alkyl halides is 2. The summed E-state index contributed by atoms with van der Waals surface area (Å²) in [5.41, 5.74) is -0.506. The van der Waals surface area contributed by atoms with Gasteiger partial charge in [-0.2, -0.15) is 8.78 Å².